The van der Waals surface area contributed by atoms with E-state index >= 15 is 0 Å². The molecule has 3 fully saturated rings. The molecule has 3 N–H and O–H groups in total. The Labute approximate surface area is 293 Å². The molecule has 0 unspecified atom stereocenters. The zero-order valence-electron chi connectivity index (χ0n) is 30.0. The molecule has 4 amide bonds. The number of likely N-dealkylation sites (tertiary alicyclic amines) is 1. The molecule has 2 heterocycles. The first kappa shape index (κ1) is 37.1. The van der Waals surface area contributed by atoms with Gasteiger partial charge in [0.05, 0.1) is 18.9 Å². The molecule has 2 aliphatic carbocycles. The molecule has 1 aliphatic heterocycles. The predicted molar refractivity (Wildman–Crippen MR) is 185 cm³/mol. The largest absolute Gasteiger partial charge is 0.497 e. The number of aromatic nitrogens is 1. The van der Waals surface area contributed by atoms with E-state index < -0.39 is 73.8 Å². The lowest BCUT2D eigenvalue weighted by Crippen LogP contribution is -2.60. The van der Waals surface area contributed by atoms with E-state index in [1.807, 2.05) is 25.1 Å². The van der Waals surface area contributed by atoms with Gasteiger partial charge in [-0.3, -0.25) is 19.1 Å². The van der Waals surface area contributed by atoms with Crippen LogP contribution in [0.15, 0.2) is 30.5 Å². The van der Waals surface area contributed by atoms with Gasteiger partial charge in [-0.05, 0) is 81.0 Å². The van der Waals surface area contributed by atoms with Gasteiger partial charge < -0.3 is 29.7 Å². The molecular formula is C35H49N5O9S. The van der Waals surface area contributed by atoms with Gasteiger partial charge in [0.1, 0.15) is 35.1 Å². The predicted octanol–water partition coefficient (Wildman–Crippen LogP) is 3.42. The topological polar surface area (TPSA) is 182 Å². The fourth-order valence-electron chi connectivity index (χ4n) is 6.42. The third-order valence-electron chi connectivity index (χ3n) is 9.38. The highest BCUT2D eigenvalue weighted by atomic mass is 32.2. The number of fused-ring (bicyclic) bond motifs is 1. The van der Waals surface area contributed by atoms with Crippen LogP contribution in [0.25, 0.3) is 10.8 Å². The Kier molecular flexibility index (Phi) is 10.0. The average molecular weight is 716 g/mol. The highest BCUT2D eigenvalue weighted by Crippen LogP contribution is 2.47. The first-order valence-electron chi connectivity index (χ1n) is 17.1. The van der Waals surface area contributed by atoms with Crippen molar-refractivity contribution in [3.63, 3.8) is 0 Å². The molecule has 5 rings (SSSR count). The van der Waals surface area contributed by atoms with Crippen LogP contribution in [0.3, 0.4) is 0 Å². The molecular weight excluding hydrogens is 666 g/mol. The van der Waals surface area contributed by atoms with Crippen molar-refractivity contribution >= 4 is 44.6 Å². The summed E-state index contributed by atoms with van der Waals surface area (Å²) in [5.41, 5.74) is -3.05. The molecule has 2 saturated carbocycles. The van der Waals surface area contributed by atoms with Gasteiger partial charge >= 0.3 is 6.09 Å². The van der Waals surface area contributed by atoms with Gasteiger partial charge in [0, 0.05) is 18.0 Å². The molecule has 14 nitrogen and oxygen atoms in total. The van der Waals surface area contributed by atoms with Crippen molar-refractivity contribution < 1.29 is 41.8 Å². The Hall–Kier alpha value is -4.14. The molecule has 1 aromatic carbocycles. The number of nitrogens with one attached hydrogen (secondary N) is 3. The molecule has 274 valence electrons. The van der Waals surface area contributed by atoms with Crippen LogP contribution in [0.1, 0.15) is 80.6 Å². The SMILES string of the molecule is CC[C@@H]1C[C@]1(NC(=O)[C@@H]1C[C@@H](Oc2nccc3cc(OC)ccc23)CN1C(=O)[C@@H](NC(=O)OC(C)(C)C)C(C)(C)C)C(=O)NS(=O)(=O)C1CC1. The number of carbonyl (C=O) groups excluding carboxylic acids is 4. The number of hydrogen-bond acceptors (Lipinski definition) is 10. The van der Waals surface area contributed by atoms with Crippen LogP contribution in [0.2, 0.25) is 0 Å². The number of methoxy groups -OCH3 is 1. The second-order valence-electron chi connectivity index (χ2n) is 15.6. The summed E-state index contributed by atoms with van der Waals surface area (Å²) in [5.74, 6) is -1.27. The van der Waals surface area contributed by atoms with Crippen molar-refractivity contribution in [3.05, 3.63) is 30.5 Å². The minimum atomic E-state index is -3.86. The second kappa shape index (κ2) is 13.5. The Bertz CT molecular complexity index is 1770. The van der Waals surface area contributed by atoms with Gasteiger partial charge in [-0.25, -0.2) is 18.2 Å². The smallest absolute Gasteiger partial charge is 0.408 e. The van der Waals surface area contributed by atoms with Crippen LogP contribution in [-0.2, 0) is 29.1 Å². The number of hydrogen-bond donors (Lipinski definition) is 3. The Morgan fingerprint density at radius 3 is 2.36 bits per heavy atom. The summed E-state index contributed by atoms with van der Waals surface area (Å²) >= 11 is 0. The summed E-state index contributed by atoms with van der Waals surface area (Å²) in [7, 11) is -2.29. The zero-order chi connectivity index (χ0) is 36.8. The number of pyridine rings is 1. The molecule has 1 aromatic heterocycles. The van der Waals surface area contributed by atoms with E-state index in [4.69, 9.17) is 14.2 Å². The van der Waals surface area contributed by atoms with E-state index in [-0.39, 0.29) is 25.3 Å². The van der Waals surface area contributed by atoms with Crippen molar-refractivity contribution in [2.24, 2.45) is 11.3 Å². The van der Waals surface area contributed by atoms with E-state index in [0.717, 1.165) is 5.39 Å². The van der Waals surface area contributed by atoms with Crippen LogP contribution in [0.4, 0.5) is 4.79 Å². The average Bonchev–Trinajstić information content (AvgIpc) is 3.95. The molecule has 15 heteroatoms. The summed E-state index contributed by atoms with van der Waals surface area (Å²) in [4.78, 5) is 60.8. The molecule has 0 spiro atoms. The fourth-order valence-corrected chi connectivity index (χ4v) is 7.78. The highest BCUT2D eigenvalue weighted by molar-refractivity contribution is 7.91. The van der Waals surface area contributed by atoms with E-state index in [2.05, 4.69) is 20.3 Å². The number of ether oxygens (including phenoxy) is 3. The normalized spacial score (nSPS) is 24.2. The molecule has 0 radical (unpaired) electrons. The zero-order valence-corrected chi connectivity index (χ0v) is 30.8. The Morgan fingerprint density at radius 2 is 1.78 bits per heavy atom. The third kappa shape index (κ3) is 8.08. The van der Waals surface area contributed by atoms with Gasteiger partial charge in [-0.15, -0.1) is 0 Å². The van der Waals surface area contributed by atoms with E-state index in [1.165, 1.54) is 4.90 Å². The summed E-state index contributed by atoms with van der Waals surface area (Å²) in [6.07, 6.45) is 1.90. The molecule has 2 aromatic rings. The molecule has 0 bridgehead atoms. The number of amides is 4. The summed E-state index contributed by atoms with van der Waals surface area (Å²) in [6.45, 7) is 12.3. The van der Waals surface area contributed by atoms with E-state index in [0.29, 0.717) is 36.3 Å². The number of sulfonamides is 1. The number of carbonyl (C=O) groups is 4. The van der Waals surface area contributed by atoms with Crippen molar-refractivity contribution in [2.45, 2.75) is 115 Å². The minimum absolute atomic E-state index is 0.0276. The lowest BCUT2D eigenvalue weighted by molar-refractivity contribution is -0.143. The van der Waals surface area contributed by atoms with Crippen molar-refractivity contribution in [1.82, 2.24) is 25.2 Å². The number of rotatable bonds is 11. The third-order valence-corrected chi connectivity index (χ3v) is 11.2. The maximum atomic E-state index is 14.4. The summed E-state index contributed by atoms with van der Waals surface area (Å²) in [6, 6.07) is 5.04. The van der Waals surface area contributed by atoms with Gasteiger partial charge in [0.25, 0.3) is 5.91 Å². The van der Waals surface area contributed by atoms with Gasteiger partial charge in [-0.2, -0.15) is 0 Å². The van der Waals surface area contributed by atoms with Gasteiger partial charge in [0.15, 0.2) is 0 Å². The Balaban J connectivity index is 1.44. The Morgan fingerprint density at radius 1 is 1.08 bits per heavy atom. The van der Waals surface area contributed by atoms with Crippen LogP contribution in [-0.4, -0.2) is 90.3 Å². The van der Waals surface area contributed by atoms with E-state index in [1.54, 1.807) is 60.9 Å². The second-order valence-corrected chi connectivity index (χ2v) is 17.5. The quantitative estimate of drug-likeness (QED) is 0.312. The number of alkyl carbamates (subject to hydrolysis) is 1. The summed E-state index contributed by atoms with van der Waals surface area (Å²) in [5, 5.41) is 6.46. The lowest BCUT2D eigenvalue weighted by Gasteiger charge is -2.36. The van der Waals surface area contributed by atoms with Crippen LogP contribution >= 0.6 is 0 Å². The van der Waals surface area contributed by atoms with Crippen LogP contribution < -0.4 is 24.8 Å². The molecule has 1 saturated heterocycles. The number of benzene rings is 1. The van der Waals surface area contributed by atoms with Gasteiger partial charge in [0.2, 0.25) is 27.7 Å². The van der Waals surface area contributed by atoms with Crippen LogP contribution in [0.5, 0.6) is 11.6 Å². The lowest BCUT2D eigenvalue weighted by atomic mass is 9.85. The van der Waals surface area contributed by atoms with Crippen molar-refractivity contribution in [3.8, 4) is 11.6 Å². The highest BCUT2D eigenvalue weighted by Gasteiger charge is 2.62. The monoisotopic (exact) mass is 715 g/mol. The maximum Gasteiger partial charge on any atom is 0.408 e. The van der Waals surface area contributed by atoms with Crippen LogP contribution in [0, 0.1) is 11.3 Å². The molecule has 3 aliphatic rings. The number of nitrogens with zero attached hydrogens (tertiary/aromatic N) is 2. The van der Waals surface area contributed by atoms with Crippen molar-refractivity contribution in [2.75, 3.05) is 13.7 Å². The first-order valence-corrected chi connectivity index (χ1v) is 18.6. The fraction of sp³-hybridized carbons (Fsp3) is 0.629. The standard InChI is InChI=1S/C35H49N5O9S/c1-9-21-18-35(21,31(43)39-50(45,46)24-11-12-24)38-28(41)26-17-23(48-29-25-13-10-22(47-8)16-20(25)14-15-36-29)19-40(26)30(42)27(33(2,3)4)37-32(44)49-34(5,6)7/h10,13-16,21,23-24,26-27H,9,11-12,17-19H2,1-8H3,(H,37,44)(H,38,41)(H,39,43)/t21-,23-,26+,27-,35-/m1/s1. The molecule has 5 atom stereocenters. The van der Waals surface area contributed by atoms with Crippen molar-refractivity contribution in [1.29, 1.82) is 0 Å². The minimum Gasteiger partial charge on any atom is -0.497 e. The first-order chi connectivity index (χ1) is 23.3. The van der Waals surface area contributed by atoms with Gasteiger partial charge in [-0.1, -0.05) is 34.1 Å². The summed E-state index contributed by atoms with van der Waals surface area (Å²) < 4.78 is 44.7. The maximum absolute atomic E-state index is 14.4. The van der Waals surface area contributed by atoms with E-state index in [9.17, 15) is 27.6 Å². The molecule has 50 heavy (non-hydrogen) atoms.